The number of hydrogen-bond acceptors (Lipinski definition) is 5. The van der Waals surface area contributed by atoms with Crippen LogP contribution in [-0.2, 0) is 16.4 Å². The van der Waals surface area contributed by atoms with E-state index in [0.29, 0.717) is 17.8 Å². The molecule has 2 rings (SSSR count). The van der Waals surface area contributed by atoms with Crippen molar-refractivity contribution < 1.29 is 8.42 Å². The van der Waals surface area contributed by atoms with Crippen molar-refractivity contribution in [3.63, 3.8) is 0 Å². The van der Waals surface area contributed by atoms with Crippen LogP contribution in [0.25, 0.3) is 0 Å². The average Bonchev–Trinajstić information content (AvgIpc) is 2.99. The molecule has 0 amide bonds. The molecule has 0 bridgehead atoms. The summed E-state index contributed by atoms with van der Waals surface area (Å²) in [5.41, 5.74) is 6.59. The summed E-state index contributed by atoms with van der Waals surface area (Å²) >= 11 is 7.49. The Labute approximate surface area is 125 Å². The third-order valence-corrected chi connectivity index (χ3v) is 6.53. The molecule has 0 saturated carbocycles. The summed E-state index contributed by atoms with van der Waals surface area (Å²) in [6, 6.07) is 5.13. The van der Waals surface area contributed by atoms with Crippen LogP contribution in [0.2, 0.25) is 0 Å². The minimum absolute atomic E-state index is 0.213. The molecule has 0 aliphatic rings. The molecule has 2 heterocycles. The molecule has 0 atom stereocenters. The van der Waals surface area contributed by atoms with Crippen molar-refractivity contribution in [1.29, 1.82) is 0 Å². The van der Waals surface area contributed by atoms with Crippen LogP contribution in [0, 0.1) is 0 Å². The Bertz CT molecular complexity index is 659. The zero-order chi connectivity index (χ0) is 13.9. The first kappa shape index (κ1) is 14.6. The predicted molar refractivity (Wildman–Crippen MR) is 83.4 cm³/mol. The summed E-state index contributed by atoms with van der Waals surface area (Å²) in [5, 5.41) is 3.97. The fourth-order valence-corrected chi connectivity index (χ4v) is 4.56. The van der Waals surface area contributed by atoms with Gasteiger partial charge in [-0.1, -0.05) is 12.2 Å². The van der Waals surface area contributed by atoms with Crippen LogP contribution in [0.3, 0.4) is 0 Å². The van der Waals surface area contributed by atoms with Gasteiger partial charge in [0.15, 0.2) is 0 Å². The first-order valence-electron chi connectivity index (χ1n) is 5.39. The van der Waals surface area contributed by atoms with Gasteiger partial charge in [-0.25, -0.2) is 13.1 Å². The van der Waals surface area contributed by atoms with E-state index in [9.17, 15) is 8.42 Å². The Hall–Kier alpha value is -0.800. The van der Waals surface area contributed by atoms with Crippen LogP contribution in [0.5, 0.6) is 0 Å². The van der Waals surface area contributed by atoms with E-state index in [1.165, 1.54) is 6.07 Å². The summed E-state index contributed by atoms with van der Waals surface area (Å²) in [6.07, 6.45) is 0.677. The minimum Gasteiger partial charge on any atom is -0.389 e. The Morgan fingerprint density at radius 1 is 1.37 bits per heavy atom. The predicted octanol–water partition coefficient (Wildman–Crippen LogP) is 1.96. The van der Waals surface area contributed by atoms with Crippen LogP contribution < -0.4 is 10.5 Å². The molecule has 2 aromatic rings. The zero-order valence-electron chi connectivity index (χ0n) is 9.83. The van der Waals surface area contributed by atoms with E-state index >= 15 is 0 Å². The smallest absolute Gasteiger partial charge is 0.250 e. The van der Waals surface area contributed by atoms with Crippen molar-refractivity contribution in [2.24, 2.45) is 5.73 Å². The van der Waals surface area contributed by atoms with Gasteiger partial charge in [0, 0.05) is 6.54 Å². The van der Waals surface area contributed by atoms with E-state index in [2.05, 4.69) is 4.72 Å². The molecule has 19 heavy (non-hydrogen) atoms. The molecule has 0 aliphatic carbocycles. The van der Waals surface area contributed by atoms with Crippen molar-refractivity contribution in [2.45, 2.75) is 10.6 Å². The number of rotatable bonds is 6. The third-order valence-electron chi connectivity index (χ3n) is 2.37. The molecule has 0 aromatic carbocycles. The van der Waals surface area contributed by atoms with Crippen LogP contribution >= 0.6 is 34.9 Å². The summed E-state index contributed by atoms with van der Waals surface area (Å²) in [6.45, 7) is 0.374. The fraction of sp³-hybridized carbons (Fsp3) is 0.182. The topological polar surface area (TPSA) is 72.2 Å². The van der Waals surface area contributed by atoms with Crippen LogP contribution in [0.4, 0.5) is 0 Å². The van der Waals surface area contributed by atoms with Crippen LogP contribution in [0.1, 0.15) is 10.4 Å². The molecule has 0 unspecified atom stereocenters. The van der Waals surface area contributed by atoms with Crippen LogP contribution in [0.15, 0.2) is 33.2 Å². The number of nitrogens with two attached hydrogens (primary N) is 1. The Kier molecular flexibility index (Phi) is 4.69. The van der Waals surface area contributed by atoms with Crippen molar-refractivity contribution in [3.05, 3.63) is 39.4 Å². The Morgan fingerprint density at radius 3 is 2.74 bits per heavy atom. The molecule has 0 saturated heterocycles. The molecular formula is C11H12N2O2S4. The van der Waals surface area contributed by atoms with Crippen molar-refractivity contribution >= 4 is 49.9 Å². The zero-order valence-corrected chi connectivity index (χ0v) is 13.1. The second-order valence-electron chi connectivity index (χ2n) is 3.76. The second kappa shape index (κ2) is 6.10. The highest BCUT2D eigenvalue weighted by Crippen LogP contribution is 2.21. The summed E-state index contributed by atoms with van der Waals surface area (Å²) in [4.78, 5) is 0.818. The van der Waals surface area contributed by atoms with Gasteiger partial charge in [-0.05, 0) is 40.9 Å². The van der Waals surface area contributed by atoms with Crippen molar-refractivity contribution in [2.75, 3.05) is 6.54 Å². The summed E-state index contributed by atoms with van der Waals surface area (Å²) in [7, 11) is -3.47. The standard InChI is InChI=1S/C11H12N2O2S4/c12-11(16)9-1-2-10(18-9)19(14,15)13-5-3-8-4-6-17-7-8/h1-2,4,6-7,13H,3,5H2,(H2,12,16). The van der Waals surface area contributed by atoms with Gasteiger partial charge in [-0.15, -0.1) is 11.3 Å². The van der Waals surface area contributed by atoms with Crippen molar-refractivity contribution in [1.82, 2.24) is 4.72 Å². The van der Waals surface area contributed by atoms with E-state index in [-0.39, 0.29) is 9.20 Å². The highest BCUT2D eigenvalue weighted by atomic mass is 32.2. The van der Waals surface area contributed by atoms with E-state index < -0.39 is 10.0 Å². The minimum atomic E-state index is -3.47. The normalized spacial score (nSPS) is 11.6. The van der Waals surface area contributed by atoms with Gasteiger partial charge in [0.05, 0.1) is 4.88 Å². The van der Waals surface area contributed by atoms with Gasteiger partial charge in [-0.3, -0.25) is 0 Å². The van der Waals surface area contributed by atoms with Gasteiger partial charge >= 0.3 is 0 Å². The van der Waals surface area contributed by atoms with Gasteiger partial charge in [0.2, 0.25) is 10.0 Å². The molecule has 2 aromatic heterocycles. The largest absolute Gasteiger partial charge is 0.389 e. The lowest BCUT2D eigenvalue weighted by Crippen LogP contribution is -2.25. The van der Waals surface area contributed by atoms with E-state index in [1.54, 1.807) is 17.4 Å². The maximum Gasteiger partial charge on any atom is 0.250 e. The number of thiophene rings is 2. The summed E-state index contributed by atoms with van der Waals surface area (Å²) in [5.74, 6) is 0. The molecule has 0 fully saturated rings. The molecular weight excluding hydrogens is 320 g/mol. The number of hydrogen-bond donors (Lipinski definition) is 2. The van der Waals surface area contributed by atoms with E-state index in [4.69, 9.17) is 18.0 Å². The molecule has 102 valence electrons. The van der Waals surface area contributed by atoms with Gasteiger partial charge in [0.1, 0.15) is 9.20 Å². The van der Waals surface area contributed by atoms with E-state index in [0.717, 1.165) is 16.9 Å². The van der Waals surface area contributed by atoms with Crippen LogP contribution in [-0.4, -0.2) is 20.0 Å². The van der Waals surface area contributed by atoms with Gasteiger partial charge in [-0.2, -0.15) is 11.3 Å². The average molecular weight is 332 g/mol. The second-order valence-corrected chi connectivity index (χ2v) is 8.06. The molecule has 8 heteroatoms. The van der Waals surface area contributed by atoms with E-state index in [1.807, 2.05) is 16.8 Å². The lowest BCUT2D eigenvalue weighted by molar-refractivity contribution is 0.584. The molecule has 0 spiro atoms. The molecule has 3 N–H and O–H groups in total. The molecule has 0 aliphatic heterocycles. The van der Waals surface area contributed by atoms with Gasteiger partial charge in [0.25, 0.3) is 0 Å². The lowest BCUT2D eigenvalue weighted by atomic mass is 10.2. The van der Waals surface area contributed by atoms with Crippen molar-refractivity contribution in [3.8, 4) is 0 Å². The highest BCUT2D eigenvalue weighted by molar-refractivity contribution is 7.91. The maximum atomic E-state index is 12.0. The summed E-state index contributed by atoms with van der Waals surface area (Å²) < 4.78 is 26.8. The molecule has 0 radical (unpaired) electrons. The Morgan fingerprint density at radius 2 is 2.16 bits per heavy atom. The SMILES string of the molecule is NC(=S)c1ccc(S(=O)(=O)NCCc2ccsc2)s1. The highest BCUT2D eigenvalue weighted by Gasteiger charge is 2.16. The lowest BCUT2D eigenvalue weighted by Gasteiger charge is -2.03. The first-order valence-corrected chi connectivity index (χ1v) is 9.04. The fourth-order valence-electron chi connectivity index (χ4n) is 1.43. The number of thiocarbonyl (C=S) groups is 1. The Balaban J connectivity index is 1.99. The van der Waals surface area contributed by atoms with Gasteiger partial charge < -0.3 is 5.73 Å². The maximum absolute atomic E-state index is 12.0. The monoisotopic (exact) mass is 332 g/mol. The number of nitrogens with one attached hydrogen (secondary N) is 1. The number of sulfonamides is 1. The molecule has 4 nitrogen and oxygen atoms in total. The third kappa shape index (κ3) is 3.83. The first-order chi connectivity index (χ1) is 8.99. The quantitative estimate of drug-likeness (QED) is 0.793.